The monoisotopic (exact) mass is 557 g/mol. The summed E-state index contributed by atoms with van der Waals surface area (Å²) in [6.07, 6.45) is -5.14. The number of carbonyl (C=O) groups is 3. The Labute approximate surface area is 214 Å². The van der Waals surface area contributed by atoms with Crippen molar-refractivity contribution < 1.29 is 55.7 Å². The molecule has 2 N–H and O–H groups in total. The molecule has 1 aromatic rings. The van der Waals surface area contributed by atoms with E-state index in [2.05, 4.69) is 14.8 Å². The second kappa shape index (κ2) is 12.7. The zero-order valence-corrected chi connectivity index (χ0v) is 20.5. The van der Waals surface area contributed by atoms with E-state index in [1.165, 1.54) is 0 Å². The number of piperidine rings is 1. The maximum atomic E-state index is 12.5. The number of carboxylic acids is 2. The lowest BCUT2D eigenvalue weighted by atomic mass is 9.84. The maximum absolute atomic E-state index is 12.5. The van der Waals surface area contributed by atoms with Gasteiger partial charge >= 0.3 is 24.3 Å². The van der Waals surface area contributed by atoms with Crippen LogP contribution in [-0.2, 0) is 25.7 Å². The molecule has 1 unspecified atom stereocenters. The Morgan fingerprint density at radius 2 is 1.61 bits per heavy atom. The minimum Gasteiger partial charge on any atom is -0.475 e. The first-order valence-corrected chi connectivity index (χ1v) is 11.7. The van der Waals surface area contributed by atoms with Gasteiger partial charge in [0.15, 0.2) is 0 Å². The highest BCUT2D eigenvalue weighted by Gasteiger charge is 2.47. The molecule has 3 aliphatic rings. The van der Waals surface area contributed by atoms with Gasteiger partial charge in [0, 0.05) is 43.4 Å². The molecule has 15 heteroatoms. The van der Waals surface area contributed by atoms with E-state index < -0.39 is 24.3 Å². The number of halogens is 6. The molecule has 4 heterocycles. The molecule has 4 rings (SSSR count). The summed E-state index contributed by atoms with van der Waals surface area (Å²) in [7, 11) is 0. The van der Waals surface area contributed by atoms with Crippen LogP contribution in [0.15, 0.2) is 18.2 Å². The second-order valence-electron chi connectivity index (χ2n) is 9.13. The van der Waals surface area contributed by atoms with Gasteiger partial charge in [-0.15, -0.1) is 0 Å². The molecule has 214 valence electrons. The van der Waals surface area contributed by atoms with Gasteiger partial charge in [-0.25, -0.2) is 9.59 Å². The molecule has 1 spiro atoms. The number of hydrogen-bond donors (Lipinski definition) is 2. The maximum Gasteiger partial charge on any atom is 0.490 e. The average Bonchev–Trinajstić information content (AvgIpc) is 3.45. The van der Waals surface area contributed by atoms with Crippen LogP contribution in [0, 0.1) is 6.92 Å². The fourth-order valence-corrected chi connectivity index (χ4v) is 4.61. The standard InChI is InChI=1S/C19H27N3O2.2C2HF3O2/c1-15-3-2-4-16(20-15)13-22-18(23)5-7-19(22)8-10-21(11-9-19)17-6-12-24-14-17;2*3-2(4,5)1(6)7/h2-4,17H,5-14H2,1H3;2*(H,6,7). The highest BCUT2D eigenvalue weighted by atomic mass is 19.4. The number of alkyl halides is 6. The fourth-order valence-electron chi connectivity index (χ4n) is 4.61. The molecule has 3 fully saturated rings. The number of carboxylic acid groups (broad SMARTS) is 2. The van der Waals surface area contributed by atoms with Crippen molar-refractivity contribution in [1.82, 2.24) is 14.8 Å². The van der Waals surface area contributed by atoms with Gasteiger partial charge in [-0.2, -0.15) is 26.3 Å². The van der Waals surface area contributed by atoms with E-state index in [0.29, 0.717) is 24.9 Å². The normalized spacial score (nSPS) is 21.4. The highest BCUT2D eigenvalue weighted by molar-refractivity contribution is 5.79. The predicted octanol–water partition coefficient (Wildman–Crippen LogP) is 3.40. The molecule has 0 radical (unpaired) electrons. The summed E-state index contributed by atoms with van der Waals surface area (Å²) in [5.74, 6) is -5.21. The third-order valence-corrected chi connectivity index (χ3v) is 6.58. The van der Waals surface area contributed by atoms with E-state index >= 15 is 0 Å². The number of aromatic nitrogens is 1. The molecule has 3 saturated heterocycles. The van der Waals surface area contributed by atoms with Crippen molar-refractivity contribution >= 4 is 17.8 Å². The molecule has 0 bridgehead atoms. The summed E-state index contributed by atoms with van der Waals surface area (Å²) in [6, 6.07) is 6.67. The van der Waals surface area contributed by atoms with E-state index in [0.717, 1.165) is 63.4 Å². The van der Waals surface area contributed by atoms with Crippen molar-refractivity contribution in [2.24, 2.45) is 0 Å². The lowest BCUT2D eigenvalue weighted by Gasteiger charge is -2.46. The molecule has 0 aromatic carbocycles. The largest absolute Gasteiger partial charge is 0.490 e. The van der Waals surface area contributed by atoms with Gasteiger partial charge in [0.2, 0.25) is 5.91 Å². The van der Waals surface area contributed by atoms with Crippen LogP contribution in [0.1, 0.15) is 43.5 Å². The lowest BCUT2D eigenvalue weighted by molar-refractivity contribution is -0.193. The smallest absolute Gasteiger partial charge is 0.475 e. The molecule has 9 nitrogen and oxygen atoms in total. The molecular formula is C23H29F6N3O6. The van der Waals surface area contributed by atoms with Gasteiger partial charge in [0.1, 0.15) is 0 Å². The Bertz CT molecular complexity index is 949. The Hall–Kier alpha value is -2.94. The molecule has 0 aliphatic carbocycles. The van der Waals surface area contributed by atoms with Gasteiger partial charge in [-0.05, 0) is 44.7 Å². The van der Waals surface area contributed by atoms with Crippen molar-refractivity contribution in [3.63, 3.8) is 0 Å². The number of ether oxygens (including phenoxy) is 1. The van der Waals surface area contributed by atoms with Crippen LogP contribution in [0.3, 0.4) is 0 Å². The molecule has 1 atom stereocenters. The molecule has 3 aliphatic heterocycles. The van der Waals surface area contributed by atoms with Gasteiger partial charge in [0.25, 0.3) is 0 Å². The van der Waals surface area contributed by atoms with Crippen molar-refractivity contribution in [2.45, 2.75) is 69.5 Å². The first kappa shape index (κ1) is 31.3. The van der Waals surface area contributed by atoms with Crippen LogP contribution in [-0.4, -0.2) is 93.1 Å². The zero-order valence-electron chi connectivity index (χ0n) is 20.5. The Morgan fingerprint density at radius 3 is 2.05 bits per heavy atom. The quantitative estimate of drug-likeness (QED) is 0.543. The highest BCUT2D eigenvalue weighted by Crippen LogP contribution is 2.40. The van der Waals surface area contributed by atoms with Gasteiger partial charge < -0.3 is 19.8 Å². The first-order valence-electron chi connectivity index (χ1n) is 11.7. The van der Waals surface area contributed by atoms with E-state index in [-0.39, 0.29) is 5.54 Å². The number of carbonyl (C=O) groups excluding carboxylic acids is 1. The van der Waals surface area contributed by atoms with Crippen LogP contribution in [0.4, 0.5) is 26.3 Å². The summed E-state index contributed by atoms with van der Waals surface area (Å²) in [5.41, 5.74) is 2.08. The summed E-state index contributed by atoms with van der Waals surface area (Å²) in [4.78, 5) is 39.6. The number of likely N-dealkylation sites (tertiary alicyclic amines) is 2. The number of nitrogens with zero attached hydrogens (tertiary/aromatic N) is 3. The summed E-state index contributed by atoms with van der Waals surface area (Å²) >= 11 is 0. The fraction of sp³-hybridized carbons (Fsp3) is 0.652. The average molecular weight is 557 g/mol. The van der Waals surface area contributed by atoms with Gasteiger partial charge in [-0.1, -0.05) is 6.07 Å². The summed E-state index contributed by atoms with van der Waals surface area (Å²) in [5, 5.41) is 14.2. The van der Waals surface area contributed by atoms with Crippen LogP contribution in [0.5, 0.6) is 0 Å². The SMILES string of the molecule is Cc1cccc(CN2C(=O)CCC23CCN(C2CCOC2)CC3)n1.O=C(O)C(F)(F)F.O=C(O)C(F)(F)F. The zero-order chi connectivity index (χ0) is 28.7. The third kappa shape index (κ3) is 8.82. The van der Waals surface area contributed by atoms with E-state index in [9.17, 15) is 31.1 Å². The molecule has 1 aromatic heterocycles. The van der Waals surface area contributed by atoms with E-state index in [1.807, 2.05) is 25.1 Å². The summed E-state index contributed by atoms with van der Waals surface area (Å²) < 4.78 is 69.0. The van der Waals surface area contributed by atoms with E-state index in [1.54, 1.807) is 0 Å². The minimum absolute atomic E-state index is 0.0540. The third-order valence-electron chi connectivity index (χ3n) is 6.58. The number of aliphatic carboxylic acids is 2. The molecule has 0 saturated carbocycles. The van der Waals surface area contributed by atoms with Crippen LogP contribution in [0.25, 0.3) is 0 Å². The van der Waals surface area contributed by atoms with Crippen LogP contribution in [0.2, 0.25) is 0 Å². The van der Waals surface area contributed by atoms with Crippen molar-refractivity contribution in [2.75, 3.05) is 26.3 Å². The van der Waals surface area contributed by atoms with Crippen molar-refractivity contribution in [1.29, 1.82) is 0 Å². The first-order chi connectivity index (χ1) is 17.5. The molecule has 1 amide bonds. The number of amides is 1. The topological polar surface area (TPSA) is 120 Å². The number of rotatable bonds is 3. The van der Waals surface area contributed by atoms with Crippen LogP contribution < -0.4 is 0 Å². The predicted molar refractivity (Wildman–Crippen MR) is 119 cm³/mol. The number of aryl methyl sites for hydroxylation is 1. The Balaban J connectivity index is 0.000000301. The number of hydrogen-bond acceptors (Lipinski definition) is 6. The summed E-state index contributed by atoms with van der Waals surface area (Å²) in [6.45, 7) is 6.61. The van der Waals surface area contributed by atoms with Gasteiger partial charge in [-0.3, -0.25) is 14.7 Å². The van der Waals surface area contributed by atoms with Crippen molar-refractivity contribution in [3.05, 3.63) is 29.6 Å². The van der Waals surface area contributed by atoms with E-state index in [4.69, 9.17) is 24.5 Å². The molecular weight excluding hydrogens is 528 g/mol. The second-order valence-corrected chi connectivity index (χ2v) is 9.13. The van der Waals surface area contributed by atoms with Gasteiger partial charge in [0.05, 0.1) is 18.8 Å². The lowest BCUT2D eigenvalue weighted by Crippen LogP contribution is -2.54. The molecule has 38 heavy (non-hydrogen) atoms. The van der Waals surface area contributed by atoms with Crippen LogP contribution >= 0.6 is 0 Å². The number of pyridine rings is 1. The Morgan fingerprint density at radius 1 is 1.05 bits per heavy atom. The minimum atomic E-state index is -5.08. The van der Waals surface area contributed by atoms with Crippen molar-refractivity contribution in [3.8, 4) is 0 Å². The Kier molecular flexibility index (Phi) is 10.5.